The summed E-state index contributed by atoms with van der Waals surface area (Å²) < 4.78 is 22.6. The number of halogens is 1. The number of carbonyl (C=O) groups excluding carboxylic acids is 1. The van der Waals surface area contributed by atoms with Gasteiger partial charge in [-0.05, 0) is 24.3 Å². The lowest BCUT2D eigenvalue weighted by Crippen LogP contribution is -2.33. The highest BCUT2D eigenvalue weighted by atomic mass is 35.7. The Bertz CT molecular complexity index is 576. The smallest absolute Gasteiger partial charge is 0.271 e. The maximum absolute atomic E-state index is 12.0. The molecule has 19 heavy (non-hydrogen) atoms. The maximum Gasteiger partial charge on any atom is 0.271 e. The summed E-state index contributed by atoms with van der Waals surface area (Å²) in [7, 11) is 1.52. The number of hydrogen-bond donors (Lipinski definition) is 1. The zero-order valence-corrected chi connectivity index (χ0v) is 13.8. The van der Waals surface area contributed by atoms with Gasteiger partial charge in [0.15, 0.2) is 0 Å². The van der Waals surface area contributed by atoms with E-state index in [1.54, 1.807) is 6.92 Å². The number of nitrogens with one attached hydrogen (secondary N) is 1. The topological polar surface area (TPSA) is 63.2 Å². The average Bonchev–Trinajstić information content (AvgIpc) is 2.68. The van der Waals surface area contributed by atoms with Crippen molar-refractivity contribution < 1.29 is 13.2 Å². The van der Waals surface area contributed by atoms with Crippen molar-refractivity contribution in [1.29, 1.82) is 0 Å². The Morgan fingerprint density at radius 3 is 2.47 bits per heavy atom. The lowest BCUT2D eigenvalue weighted by Gasteiger charge is -2.22. The largest absolute Gasteiger partial charge is 0.351 e. The van der Waals surface area contributed by atoms with Gasteiger partial charge in [0.2, 0.25) is 0 Å². The third kappa shape index (κ3) is 4.19. The van der Waals surface area contributed by atoms with Gasteiger partial charge in [0.05, 0.1) is 5.56 Å². The molecule has 0 aromatic carbocycles. The second kappa shape index (κ2) is 5.81. The summed E-state index contributed by atoms with van der Waals surface area (Å²) in [6.07, 6.45) is 0.942. The van der Waals surface area contributed by atoms with Crippen LogP contribution < -0.4 is 5.32 Å². The fourth-order valence-electron chi connectivity index (χ4n) is 1.40. The molecule has 0 bridgehead atoms. The van der Waals surface area contributed by atoms with Gasteiger partial charge in [-0.25, -0.2) is 8.42 Å². The van der Waals surface area contributed by atoms with E-state index in [4.69, 9.17) is 10.7 Å². The molecular weight excluding hydrogens is 306 g/mol. The number of thiophene rings is 1. The minimum atomic E-state index is -3.78. The normalized spacial score (nSPS) is 12.5. The van der Waals surface area contributed by atoms with Crippen molar-refractivity contribution in [1.82, 2.24) is 5.32 Å². The molecule has 0 unspecified atom stereocenters. The molecule has 0 saturated heterocycles. The molecule has 0 aliphatic rings. The molecule has 0 spiro atoms. The van der Waals surface area contributed by atoms with Gasteiger partial charge in [-0.1, -0.05) is 20.8 Å². The summed E-state index contributed by atoms with van der Waals surface area (Å²) in [5.41, 5.74) is 0.795. The van der Waals surface area contributed by atoms with Crippen molar-refractivity contribution in [3.05, 3.63) is 16.5 Å². The monoisotopic (exact) mass is 323 g/mol. The quantitative estimate of drug-likeness (QED) is 0.847. The lowest BCUT2D eigenvalue weighted by atomic mass is 9.90. The highest BCUT2D eigenvalue weighted by Gasteiger charge is 2.23. The van der Waals surface area contributed by atoms with Crippen molar-refractivity contribution in [2.75, 3.05) is 6.54 Å². The Morgan fingerprint density at radius 1 is 1.47 bits per heavy atom. The van der Waals surface area contributed by atoms with Crippen LogP contribution in [0.5, 0.6) is 0 Å². The summed E-state index contributed by atoms with van der Waals surface area (Å²) in [6.45, 7) is 8.30. The van der Waals surface area contributed by atoms with Crippen LogP contribution in [0.25, 0.3) is 0 Å². The van der Waals surface area contributed by atoms with E-state index in [2.05, 4.69) is 26.1 Å². The molecule has 0 atom stereocenters. The molecule has 0 saturated carbocycles. The second-order valence-corrected chi connectivity index (χ2v) is 8.84. The van der Waals surface area contributed by atoms with Crippen LogP contribution in [0.3, 0.4) is 0 Å². The fourth-order valence-corrected chi connectivity index (χ4v) is 3.95. The number of amides is 1. The van der Waals surface area contributed by atoms with E-state index in [1.165, 1.54) is 5.38 Å². The first-order valence-electron chi connectivity index (χ1n) is 5.89. The molecule has 108 valence electrons. The van der Waals surface area contributed by atoms with E-state index >= 15 is 0 Å². The summed E-state index contributed by atoms with van der Waals surface area (Å²) in [5.74, 6) is -0.262. The van der Waals surface area contributed by atoms with Gasteiger partial charge in [-0.3, -0.25) is 4.79 Å². The molecule has 1 rings (SSSR count). The van der Waals surface area contributed by atoms with E-state index < -0.39 is 9.05 Å². The van der Waals surface area contributed by atoms with Gasteiger partial charge < -0.3 is 5.32 Å². The molecule has 0 fully saturated rings. The molecular formula is C12H18ClNO3S2. The third-order valence-electron chi connectivity index (χ3n) is 3.14. The molecule has 4 nitrogen and oxygen atoms in total. The van der Waals surface area contributed by atoms with Crippen LogP contribution in [-0.4, -0.2) is 20.9 Å². The van der Waals surface area contributed by atoms with Crippen molar-refractivity contribution in [3.63, 3.8) is 0 Å². The van der Waals surface area contributed by atoms with Crippen molar-refractivity contribution in [2.24, 2.45) is 5.41 Å². The van der Waals surface area contributed by atoms with Crippen LogP contribution in [0, 0.1) is 12.3 Å². The Labute approximate surface area is 122 Å². The van der Waals surface area contributed by atoms with Gasteiger partial charge in [0.1, 0.15) is 4.21 Å². The number of carbonyl (C=O) groups is 1. The minimum Gasteiger partial charge on any atom is -0.351 e. The molecule has 1 amide bonds. The molecule has 1 aromatic rings. The van der Waals surface area contributed by atoms with E-state index in [-0.39, 0.29) is 15.5 Å². The highest BCUT2D eigenvalue weighted by Crippen LogP contribution is 2.29. The van der Waals surface area contributed by atoms with Crippen molar-refractivity contribution in [3.8, 4) is 0 Å². The van der Waals surface area contributed by atoms with Crippen LogP contribution in [0.1, 0.15) is 43.1 Å². The van der Waals surface area contributed by atoms with Gasteiger partial charge >= 0.3 is 0 Å². The zero-order chi connectivity index (χ0) is 14.8. The highest BCUT2D eigenvalue weighted by molar-refractivity contribution is 8.15. The molecule has 0 radical (unpaired) electrons. The van der Waals surface area contributed by atoms with Gasteiger partial charge in [0, 0.05) is 22.6 Å². The molecule has 1 aromatic heterocycles. The summed E-state index contributed by atoms with van der Waals surface area (Å²) in [4.78, 5) is 12.0. The predicted molar refractivity (Wildman–Crippen MR) is 78.5 cm³/mol. The Balaban J connectivity index is 2.88. The lowest BCUT2D eigenvalue weighted by molar-refractivity contribution is 0.0935. The second-order valence-electron chi connectivity index (χ2n) is 5.20. The Kier molecular flexibility index (Phi) is 5.03. The van der Waals surface area contributed by atoms with Crippen molar-refractivity contribution >= 4 is 37.0 Å². The van der Waals surface area contributed by atoms with E-state index in [0.29, 0.717) is 17.7 Å². The van der Waals surface area contributed by atoms with Gasteiger partial charge in [0.25, 0.3) is 15.0 Å². The first kappa shape index (κ1) is 16.5. The summed E-state index contributed by atoms with van der Waals surface area (Å²) in [6, 6.07) is 0. The summed E-state index contributed by atoms with van der Waals surface area (Å²) >= 11 is 0.970. The number of rotatable bonds is 5. The van der Waals surface area contributed by atoms with Gasteiger partial charge in [-0.15, -0.1) is 11.3 Å². The first-order chi connectivity index (χ1) is 8.58. The standard InChI is InChI=1S/C12H18ClNO3S2/c1-5-12(3,4)7-14-10(15)9-6-18-11(8(9)2)19(13,16)17/h6H,5,7H2,1-4H3,(H,14,15). The van der Waals surface area contributed by atoms with Crippen LogP contribution in [0.2, 0.25) is 0 Å². The molecule has 0 aliphatic heterocycles. The molecule has 0 aliphatic carbocycles. The molecule has 1 heterocycles. The number of hydrogen-bond acceptors (Lipinski definition) is 4. The predicted octanol–water partition coefficient (Wildman–Crippen LogP) is 3.15. The fraction of sp³-hybridized carbons (Fsp3) is 0.583. The summed E-state index contributed by atoms with van der Waals surface area (Å²) in [5, 5.41) is 4.35. The zero-order valence-electron chi connectivity index (χ0n) is 11.4. The van der Waals surface area contributed by atoms with Crippen molar-refractivity contribution in [2.45, 2.75) is 38.3 Å². The van der Waals surface area contributed by atoms with E-state index in [1.807, 2.05) is 0 Å². The van der Waals surface area contributed by atoms with Crippen LogP contribution in [0.4, 0.5) is 0 Å². The Hall–Kier alpha value is -0.590. The van der Waals surface area contributed by atoms with Gasteiger partial charge in [-0.2, -0.15) is 0 Å². The molecule has 1 N–H and O–H groups in total. The maximum atomic E-state index is 12.0. The minimum absolute atomic E-state index is 0.0149. The first-order valence-corrected chi connectivity index (χ1v) is 9.08. The van der Waals surface area contributed by atoms with E-state index in [9.17, 15) is 13.2 Å². The average molecular weight is 324 g/mol. The molecule has 7 heteroatoms. The Morgan fingerprint density at radius 2 is 2.05 bits per heavy atom. The van der Waals surface area contributed by atoms with Crippen LogP contribution in [-0.2, 0) is 9.05 Å². The van der Waals surface area contributed by atoms with Crippen LogP contribution in [0.15, 0.2) is 9.59 Å². The van der Waals surface area contributed by atoms with E-state index in [0.717, 1.165) is 17.8 Å². The van der Waals surface area contributed by atoms with Crippen LogP contribution >= 0.6 is 22.0 Å². The third-order valence-corrected chi connectivity index (χ3v) is 6.45. The SMILES string of the molecule is CCC(C)(C)CNC(=O)c1csc(S(=O)(=O)Cl)c1C.